The standard InChI is InChI=1S/C18H20F2N2O4/c1-24-14-9-11(10-15(25-2)18(14)26-3)21-8-7-16(23)22-17-12(19)5-4-6-13(17)20/h4-6,9-10,21H,7-8H2,1-3H3,(H,22,23). The fourth-order valence-corrected chi connectivity index (χ4v) is 2.32. The van der Waals surface area contributed by atoms with Gasteiger partial charge >= 0.3 is 0 Å². The second kappa shape index (κ2) is 8.89. The summed E-state index contributed by atoms with van der Waals surface area (Å²) in [5.74, 6) is -0.784. The van der Waals surface area contributed by atoms with E-state index in [4.69, 9.17) is 14.2 Å². The van der Waals surface area contributed by atoms with Crippen molar-refractivity contribution in [3.05, 3.63) is 42.0 Å². The molecule has 0 atom stereocenters. The molecule has 0 saturated heterocycles. The highest BCUT2D eigenvalue weighted by atomic mass is 19.1. The van der Waals surface area contributed by atoms with Crippen LogP contribution in [0.15, 0.2) is 30.3 Å². The monoisotopic (exact) mass is 366 g/mol. The van der Waals surface area contributed by atoms with Crippen molar-refractivity contribution in [3.63, 3.8) is 0 Å². The van der Waals surface area contributed by atoms with Crippen LogP contribution in [0.5, 0.6) is 17.2 Å². The predicted molar refractivity (Wildman–Crippen MR) is 94.2 cm³/mol. The fourth-order valence-electron chi connectivity index (χ4n) is 2.32. The Labute approximate surface area is 150 Å². The second-order valence-electron chi connectivity index (χ2n) is 5.24. The summed E-state index contributed by atoms with van der Waals surface area (Å²) in [5, 5.41) is 5.26. The molecule has 6 nitrogen and oxygen atoms in total. The lowest BCUT2D eigenvalue weighted by atomic mass is 10.2. The van der Waals surface area contributed by atoms with Gasteiger partial charge in [-0.15, -0.1) is 0 Å². The van der Waals surface area contributed by atoms with Crippen LogP contribution in [0.25, 0.3) is 0 Å². The number of para-hydroxylation sites is 1. The maximum absolute atomic E-state index is 13.5. The average Bonchev–Trinajstić information content (AvgIpc) is 2.63. The normalized spacial score (nSPS) is 10.2. The van der Waals surface area contributed by atoms with Gasteiger partial charge in [-0.2, -0.15) is 0 Å². The van der Waals surface area contributed by atoms with Gasteiger partial charge in [-0.05, 0) is 12.1 Å². The summed E-state index contributed by atoms with van der Waals surface area (Å²) in [4.78, 5) is 11.9. The lowest BCUT2D eigenvalue weighted by Gasteiger charge is -2.15. The molecule has 2 aromatic carbocycles. The van der Waals surface area contributed by atoms with E-state index in [0.717, 1.165) is 12.1 Å². The molecule has 0 aromatic heterocycles. The number of halogens is 2. The van der Waals surface area contributed by atoms with Gasteiger partial charge < -0.3 is 24.8 Å². The van der Waals surface area contributed by atoms with Crippen molar-refractivity contribution >= 4 is 17.3 Å². The van der Waals surface area contributed by atoms with Gasteiger partial charge in [0.25, 0.3) is 0 Å². The molecule has 2 rings (SSSR count). The molecule has 0 unspecified atom stereocenters. The van der Waals surface area contributed by atoms with E-state index >= 15 is 0 Å². The molecule has 2 aromatic rings. The van der Waals surface area contributed by atoms with Crippen LogP contribution in [0.1, 0.15) is 6.42 Å². The minimum Gasteiger partial charge on any atom is -0.493 e. The number of anilines is 2. The molecule has 1 amide bonds. The SMILES string of the molecule is COc1cc(NCCC(=O)Nc2c(F)cccc2F)cc(OC)c1OC. The van der Waals surface area contributed by atoms with Crippen LogP contribution < -0.4 is 24.8 Å². The van der Waals surface area contributed by atoms with Gasteiger partial charge in [-0.1, -0.05) is 6.07 Å². The topological polar surface area (TPSA) is 68.8 Å². The Kier molecular flexibility index (Phi) is 6.60. The first-order chi connectivity index (χ1) is 12.5. The molecule has 0 aliphatic heterocycles. The summed E-state index contributed by atoms with van der Waals surface area (Å²) >= 11 is 0. The largest absolute Gasteiger partial charge is 0.493 e. The summed E-state index contributed by atoms with van der Waals surface area (Å²) in [6.07, 6.45) is 0.00440. The number of ether oxygens (including phenoxy) is 3. The quantitative estimate of drug-likeness (QED) is 0.749. The summed E-state index contributed by atoms with van der Waals surface area (Å²) in [7, 11) is 4.49. The number of amides is 1. The molecule has 0 spiro atoms. The number of benzene rings is 2. The Morgan fingerprint density at radius 1 is 1.00 bits per heavy atom. The molecular formula is C18H20F2N2O4. The van der Waals surface area contributed by atoms with E-state index in [1.807, 2.05) is 0 Å². The molecular weight excluding hydrogens is 346 g/mol. The van der Waals surface area contributed by atoms with Crippen molar-refractivity contribution in [1.82, 2.24) is 0 Å². The number of hydrogen-bond acceptors (Lipinski definition) is 5. The van der Waals surface area contributed by atoms with E-state index in [1.54, 1.807) is 12.1 Å². The Hall–Kier alpha value is -3.03. The third-order valence-corrected chi connectivity index (χ3v) is 3.57. The number of methoxy groups -OCH3 is 3. The summed E-state index contributed by atoms with van der Waals surface area (Å²) < 4.78 is 42.8. The van der Waals surface area contributed by atoms with Crippen molar-refractivity contribution in [2.75, 3.05) is 38.5 Å². The lowest BCUT2D eigenvalue weighted by Crippen LogP contribution is -2.18. The number of nitrogens with one attached hydrogen (secondary N) is 2. The summed E-state index contributed by atoms with van der Waals surface area (Å²) in [6, 6.07) is 6.76. The van der Waals surface area contributed by atoms with Gasteiger partial charge in [-0.3, -0.25) is 4.79 Å². The third kappa shape index (κ3) is 4.53. The first kappa shape index (κ1) is 19.3. The van der Waals surface area contributed by atoms with Crippen molar-refractivity contribution < 1.29 is 27.8 Å². The molecule has 2 N–H and O–H groups in total. The zero-order chi connectivity index (χ0) is 19.1. The van der Waals surface area contributed by atoms with Crippen LogP contribution in [0.2, 0.25) is 0 Å². The maximum atomic E-state index is 13.5. The minimum atomic E-state index is -0.823. The Morgan fingerprint density at radius 3 is 2.08 bits per heavy atom. The summed E-state index contributed by atoms with van der Waals surface area (Å²) in [5.41, 5.74) is 0.189. The highest BCUT2D eigenvalue weighted by Crippen LogP contribution is 2.39. The van der Waals surface area contributed by atoms with Crippen molar-refractivity contribution in [1.29, 1.82) is 0 Å². The molecule has 26 heavy (non-hydrogen) atoms. The van der Waals surface area contributed by atoms with Crippen molar-refractivity contribution in [2.24, 2.45) is 0 Å². The molecule has 0 bridgehead atoms. The van der Waals surface area contributed by atoms with Crippen LogP contribution in [-0.2, 0) is 4.79 Å². The van der Waals surface area contributed by atoms with Crippen LogP contribution in [0.4, 0.5) is 20.2 Å². The van der Waals surface area contributed by atoms with Gasteiger partial charge in [0.2, 0.25) is 11.7 Å². The molecule has 0 fully saturated rings. The second-order valence-corrected chi connectivity index (χ2v) is 5.24. The highest BCUT2D eigenvalue weighted by molar-refractivity contribution is 5.91. The Morgan fingerprint density at radius 2 is 1.58 bits per heavy atom. The van der Waals surface area contributed by atoms with E-state index < -0.39 is 23.2 Å². The van der Waals surface area contributed by atoms with Gasteiger partial charge in [0.15, 0.2) is 11.5 Å². The van der Waals surface area contributed by atoms with Gasteiger partial charge in [-0.25, -0.2) is 8.78 Å². The number of carbonyl (C=O) groups excluding carboxylic acids is 1. The number of rotatable bonds is 8. The average molecular weight is 366 g/mol. The van der Waals surface area contributed by atoms with E-state index in [-0.39, 0.29) is 13.0 Å². The maximum Gasteiger partial charge on any atom is 0.226 e. The molecule has 0 aliphatic rings. The van der Waals surface area contributed by atoms with Crippen molar-refractivity contribution in [2.45, 2.75) is 6.42 Å². The van der Waals surface area contributed by atoms with Crippen LogP contribution >= 0.6 is 0 Å². The highest BCUT2D eigenvalue weighted by Gasteiger charge is 2.14. The summed E-state index contributed by atoms with van der Waals surface area (Å²) in [6.45, 7) is 0.237. The van der Waals surface area contributed by atoms with Gasteiger partial charge in [0, 0.05) is 30.8 Å². The van der Waals surface area contributed by atoms with Crippen LogP contribution in [-0.4, -0.2) is 33.8 Å². The third-order valence-electron chi connectivity index (χ3n) is 3.57. The molecule has 0 aliphatic carbocycles. The van der Waals surface area contributed by atoms with E-state index in [9.17, 15) is 13.6 Å². The van der Waals surface area contributed by atoms with Crippen LogP contribution in [0.3, 0.4) is 0 Å². The molecule has 140 valence electrons. The van der Waals surface area contributed by atoms with E-state index in [2.05, 4.69) is 10.6 Å². The Bertz CT molecular complexity index is 739. The molecule has 0 saturated carbocycles. The molecule has 0 heterocycles. The van der Waals surface area contributed by atoms with Crippen molar-refractivity contribution in [3.8, 4) is 17.2 Å². The van der Waals surface area contributed by atoms with Gasteiger partial charge in [0.1, 0.15) is 17.3 Å². The number of carbonyl (C=O) groups is 1. The lowest BCUT2D eigenvalue weighted by molar-refractivity contribution is -0.116. The smallest absolute Gasteiger partial charge is 0.226 e. The van der Waals surface area contributed by atoms with E-state index in [1.165, 1.54) is 27.4 Å². The zero-order valence-corrected chi connectivity index (χ0v) is 14.7. The van der Waals surface area contributed by atoms with Crippen LogP contribution in [0, 0.1) is 11.6 Å². The Balaban J connectivity index is 1.98. The zero-order valence-electron chi connectivity index (χ0n) is 14.7. The first-order valence-corrected chi connectivity index (χ1v) is 7.78. The van der Waals surface area contributed by atoms with Gasteiger partial charge in [0.05, 0.1) is 21.3 Å². The minimum absolute atomic E-state index is 0.00440. The molecule has 0 radical (unpaired) electrons. The predicted octanol–water partition coefficient (Wildman–Crippen LogP) is 3.43. The fraction of sp³-hybridized carbons (Fsp3) is 0.278. The molecule has 8 heteroatoms. The first-order valence-electron chi connectivity index (χ1n) is 7.78. The van der Waals surface area contributed by atoms with E-state index in [0.29, 0.717) is 22.9 Å². The number of hydrogen-bond donors (Lipinski definition) is 2.